The number of hydrogen-bond acceptors (Lipinski definition) is 3. The minimum absolute atomic E-state index is 0.557. The maximum absolute atomic E-state index is 6.09. The summed E-state index contributed by atoms with van der Waals surface area (Å²) in [4.78, 5) is 2.43. The van der Waals surface area contributed by atoms with E-state index in [4.69, 9.17) is 39.9 Å². The van der Waals surface area contributed by atoms with Gasteiger partial charge in [-0.25, -0.2) is 0 Å². The Labute approximate surface area is 163 Å². The Morgan fingerprint density at radius 1 is 0.920 bits per heavy atom. The Hall–Kier alpha value is -1.26. The fraction of sp³-hybridized carbons (Fsp3) is 0.316. The molecule has 2 aromatic carbocycles. The Bertz CT molecular complexity index is 751. The van der Waals surface area contributed by atoms with E-state index in [0.29, 0.717) is 10.0 Å². The van der Waals surface area contributed by atoms with Crippen LogP contribution in [-0.2, 0) is 6.54 Å². The third-order valence-electron chi connectivity index (χ3n) is 4.30. The molecule has 1 saturated heterocycles. The Kier molecular flexibility index (Phi) is 6.24. The molecule has 0 saturated carbocycles. The first-order chi connectivity index (χ1) is 12.0. The molecule has 0 aliphatic carbocycles. The van der Waals surface area contributed by atoms with Crippen molar-refractivity contribution in [3.63, 3.8) is 0 Å². The lowest BCUT2D eigenvalue weighted by Gasteiger charge is -2.33. The first-order valence-corrected chi connectivity index (χ1v) is 9.37. The van der Waals surface area contributed by atoms with Gasteiger partial charge in [-0.1, -0.05) is 53.0 Å². The lowest BCUT2D eigenvalue weighted by atomic mass is 10.1. The summed E-state index contributed by atoms with van der Waals surface area (Å²) in [6, 6.07) is 13.7. The summed E-state index contributed by atoms with van der Waals surface area (Å²) < 4.78 is 0. The van der Waals surface area contributed by atoms with Crippen LogP contribution in [0.15, 0.2) is 47.6 Å². The largest absolute Gasteiger partial charge is 0.295 e. The summed E-state index contributed by atoms with van der Waals surface area (Å²) in [5.41, 5.74) is 3.23. The van der Waals surface area contributed by atoms with Crippen molar-refractivity contribution in [2.24, 2.45) is 5.10 Å². The van der Waals surface area contributed by atoms with E-state index in [1.807, 2.05) is 37.3 Å². The third-order valence-corrected chi connectivity index (χ3v) is 5.29. The van der Waals surface area contributed by atoms with Crippen LogP contribution in [0.25, 0.3) is 0 Å². The first kappa shape index (κ1) is 18.5. The standard InChI is InChI=1S/C19H20Cl3N3/c1-14(16-4-7-18(21)19(22)12-16)23-25-10-8-24(9-11-25)13-15-2-5-17(20)6-3-15/h2-7,12H,8-11,13H2,1H3. The third kappa shape index (κ3) is 5.11. The molecule has 132 valence electrons. The van der Waals surface area contributed by atoms with Crippen LogP contribution >= 0.6 is 34.8 Å². The van der Waals surface area contributed by atoms with Crippen LogP contribution in [0.2, 0.25) is 15.1 Å². The van der Waals surface area contributed by atoms with Crippen molar-refractivity contribution in [2.75, 3.05) is 26.2 Å². The fourth-order valence-electron chi connectivity index (χ4n) is 2.83. The molecule has 2 aromatic rings. The summed E-state index contributed by atoms with van der Waals surface area (Å²) in [5.74, 6) is 0. The smallest absolute Gasteiger partial charge is 0.0647 e. The average molecular weight is 397 g/mol. The van der Waals surface area contributed by atoms with E-state index < -0.39 is 0 Å². The summed E-state index contributed by atoms with van der Waals surface area (Å²) in [7, 11) is 0. The second kappa shape index (κ2) is 8.41. The van der Waals surface area contributed by atoms with Crippen LogP contribution in [0.3, 0.4) is 0 Å². The van der Waals surface area contributed by atoms with Gasteiger partial charge in [0.15, 0.2) is 0 Å². The van der Waals surface area contributed by atoms with Crippen LogP contribution in [-0.4, -0.2) is 41.8 Å². The topological polar surface area (TPSA) is 18.8 Å². The van der Waals surface area contributed by atoms with E-state index in [9.17, 15) is 0 Å². The molecule has 0 N–H and O–H groups in total. The molecule has 3 rings (SSSR count). The minimum Gasteiger partial charge on any atom is -0.295 e. The van der Waals surface area contributed by atoms with Gasteiger partial charge in [-0.15, -0.1) is 0 Å². The Morgan fingerprint density at radius 2 is 1.60 bits per heavy atom. The second-order valence-electron chi connectivity index (χ2n) is 6.17. The monoisotopic (exact) mass is 395 g/mol. The van der Waals surface area contributed by atoms with Gasteiger partial charge in [-0.2, -0.15) is 5.10 Å². The van der Waals surface area contributed by atoms with E-state index in [1.165, 1.54) is 5.56 Å². The molecular formula is C19H20Cl3N3. The number of benzene rings is 2. The van der Waals surface area contributed by atoms with Gasteiger partial charge in [-0.3, -0.25) is 9.91 Å². The molecule has 0 amide bonds. The van der Waals surface area contributed by atoms with Gasteiger partial charge in [0.25, 0.3) is 0 Å². The molecule has 0 spiro atoms. The molecule has 25 heavy (non-hydrogen) atoms. The van der Waals surface area contributed by atoms with Crippen molar-refractivity contribution in [1.82, 2.24) is 9.91 Å². The molecule has 6 heteroatoms. The number of hydrogen-bond donors (Lipinski definition) is 0. The zero-order valence-electron chi connectivity index (χ0n) is 14.1. The number of hydrazone groups is 1. The predicted molar refractivity (Wildman–Crippen MR) is 107 cm³/mol. The predicted octanol–water partition coefficient (Wildman–Crippen LogP) is 5.19. The van der Waals surface area contributed by atoms with Gasteiger partial charge in [0, 0.05) is 37.7 Å². The number of piperazine rings is 1. The highest BCUT2D eigenvalue weighted by atomic mass is 35.5. The second-order valence-corrected chi connectivity index (χ2v) is 7.42. The van der Waals surface area contributed by atoms with Crippen LogP contribution < -0.4 is 0 Å². The molecule has 1 aliphatic rings. The molecule has 1 aliphatic heterocycles. The fourth-order valence-corrected chi connectivity index (χ4v) is 3.26. The highest BCUT2D eigenvalue weighted by Gasteiger charge is 2.16. The highest BCUT2D eigenvalue weighted by Crippen LogP contribution is 2.23. The molecule has 1 heterocycles. The summed E-state index contributed by atoms with van der Waals surface area (Å²) in [6.07, 6.45) is 0. The van der Waals surface area contributed by atoms with Crippen molar-refractivity contribution < 1.29 is 0 Å². The summed E-state index contributed by atoms with van der Waals surface area (Å²) in [6.45, 7) is 6.74. The zero-order valence-corrected chi connectivity index (χ0v) is 16.3. The van der Waals surface area contributed by atoms with Crippen LogP contribution in [0.4, 0.5) is 0 Å². The molecule has 0 radical (unpaired) electrons. The van der Waals surface area contributed by atoms with Crippen molar-refractivity contribution >= 4 is 40.5 Å². The maximum atomic E-state index is 6.09. The lowest BCUT2D eigenvalue weighted by molar-refractivity contribution is 0.130. The van der Waals surface area contributed by atoms with Gasteiger partial charge in [0.1, 0.15) is 0 Å². The first-order valence-electron chi connectivity index (χ1n) is 8.23. The van der Waals surface area contributed by atoms with Gasteiger partial charge in [0.05, 0.1) is 15.8 Å². The van der Waals surface area contributed by atoms with E-state index in [-0.39, 0.29) is 0 Å². The maximum Gasteiger partial charge on any atom is 0.0647 e. The van der Waals surface area contributed by atoms with Gasteiger partial charge in [-0.05, 0) is 42.3 Å². The lowest BCUT2D eigenvalue weighted by Crippen LogP contribution is -2.43. The normalized spacial score (nSPS) is 16.3. The Morgan fingerprint density at radius 3 is 2.24 bits per heavy atom. The number of rotatable bonds is 4. The van der Waals surface area contributed by atoms with E-state index in [2.05, 4.69) is 22.0 Å². The molecule has 0 aromatic heterocycles. The van der Waals surface area contributed by atoms with Gasteiger partial charge in [0.2, 0.25) is 0 Å². The van der Waals surface area contributed by atoms with E-state index in [0.717, 1.165) is 49.0 Å². The zero-order chi connectivity index (χ0) is 17.8. The average Bonchev–Trinajstić information content (AvgIpc) is 2.61. The minimum atomic E-state index is 0.557. The highest BCUT2D eigenvalue weighted by molar-refractivity contribution is 6.42. The van der Waals surface area contributed by atoms with Gasteiger partial charge >= 0.3 is 0 Å². The number of nitrogens with zero attached hydrogens (tertiary/aromatic N) is 3. The van der Waals surface area contributed by atoms with Crippen molar-refractivity contribution in [1.29, 1.82) is 0 Å². The van der Waals surface area contributed by atoms with Crippen molar-refractivity contribution in [3.05, 3.63) is 68.7 Å². The van der Waals surface area contributed by atoms with Gasteiger partial charge < -0.3 is 0 Å². The molecule has 1 fully saturated rings. The summed E-state index contributed by atoms with van der Waals surface area (Å²) >= 11 is 18.0. The Balaban J connectivity index is 1.56. The van der Waals surface area contributed by atoms with Crippen molar-refractivity contribution in [2.45, 2.75) is 13.5 Å². The van der Waals surface area contributed by atoms with Crippen LogP contribution in [0.1, 0.15) is 18.1 Å². The molecular weight excluding hydrogens is 377 g/mol. The van der Waals surface area contributed by atoms with E-state index >= 15 is 0 Å². The molecule has 3 nitrogen and oxygen atoms in total. The number of halogens is 3. The molecule has 0 atom stereocenters. The SMILES string of the molecule is CC(=NN1CCN(Cc2ccc(Cl)cc2)CC1)c1ccc(Cl)c(Cl)c1. The van der Waals surface area contributed by atoms with Crippen LogP contribution in [0.5, 0.6) is 0 Å². The quantitative estimate of drug-likeness (QED) is 0.662. The van der Waals surface area contributed by atoms with Crippen molar-refractivity contribution in [3.8, 4) is 0 Å². The van der Waals surface area contributed by atoms with E-state index in [1.54, 1.807) is 0 Å². The van der Waals surface area contributed by atoms with Crippen LogP contribution in [0, 0.1) is 0 Å². The summed E-state index contributed by atoms with van der Waals surface area (Å²) in [5, 5.41) is 8.75. The molecule has 0 unspecified atom stereocenters. The molecule has 0 bridgehead atoms.